The molecule has 2 amide bonds. The van der Waals surface area contributed by atoms with Crippen LogP contribution in [-0.4, -0.2) is 28.9 Å². The second-order valence-electron chi connectivity index (χ2n) is 10.1. The third-order valence-electron chi connectivity index (χ3n) is 6.38. The third-order valence-corrected chi connectivity index (χ3v) is 6.38. The van der Waals surface area contributed by atoms with Crippen molar-refractivity contribution < 1.29 is 4.79 Å². The van der Waals surface area contributed by atoms with Crippen molar-refractivity contribution in [2.75, 3.05) is 23.7 Å². The number of aromatic nitrogens is 2. The number of amides is 2. The Balaban J connectivity index is 1.42. The SMILES string of the molecule is Cc1ccc(C(C)(C)C)cc1-n1nccc1NC(=O)Nc1ccc(CC2CCNCC2)cc1. The summed E-state index contributed by atoms with van der Waals surface area (Å²) >= 11 is 0. The van der Waals surface area contributed by atoms with E-state index >= 15 is 0 Å². The Labute approximate surface area is 196 Å². The molecule has 3 N–H and O–H groups in total. The molecule has 6 nitrogen and oxygen atoms in total. The summed E-state index contributed by atoms with van der Waals surface area (Å²) in [6, 6.07) is 16.1. The minimum absolute atomic E-state index is 0.0284. The fraction of sp³-hybridized carbons (Fsp3) is 0.407. The second kappa shape index (κ2) is 9.79. The Morgan fingerprint density at radius 2 is 1.79 bits per heavy atom. The van der Waals surface area contributed by atoms with E-state index in [4.69, 9.17) is 0 Å². The largest absolute Gasteiger partial charge is 0.324 e. The first-order valence-electron chi connectivity index (χ1n) is 11.8. The number of hydrogen-bond donors (Lipinski definition) is 3. The normalized spacial score (nSPS) is 14.8. The fourth-order valence-electron chi connectivity index (χ4n) is 4.32. The lowest BCUT2D eigenvalue weighted by Crippen LogP contribution is -2.28. The van der Waals surface area contributed by atoms with Crippen molar-refractivity contribution in [3.05, 3.63) is 71.4 Å². The molecule has 1 aromatic heterocycles. The van der Waals surface area contributed by atoms with Gasteiger partial charge >= 0.3 is 6.03 Å². The Hall–Kier alpha value is -3.12. The molecule has 1 saturated heterocycles. The molecular formula is C27H35N5O. The molecule has 0 radical (unpaired) electrons. The highest BCUT2D eigenvalue weighted by Gasteiger charge is 2.17. The quantitative estimate of drug-likeness (QED) is 0.474. The van der Waals surface area contributed by atoms with Crippen LogP contribution in [0.25, 0.3) is 5.69 Å². The highest BCUT2D eigenvalue weighted by molar-refractivity contribution is 5.99. The van der Waals surface area contributed by atoms with E-state index in [1.165, 1.54) is 24.0 Å². The van der Waals surface area contributed by atoms with Gasteiger partial charge in [-0.1, -0.05) is 45.0 Å². The summed E-state index contributed by atoms with van der Waals surface area (Å²) in [6.45, 7) is 10.8. The smallest absolute Gasteiger partial charge is 0.317 e. The maximum Gasteiger partial charge on any atom is 0.324 e. The Kier molecular flexibility index (Phi) is 6.84. The molecule has 0 bridgehead atoms. The molecule has 1 fully saturated rings. The van der Waals surface area contributed by atoms with E-state index < -0.39 is 0 Å². The van der Waals surface area contributed by atoms with E-state index in [0.717, 1.165) is 42.4 Å². The number of aryl methyl sites for hydroxylation is 1. The van der Waals surface area contributed by atoms with Crippen molar-refractivity contribution in [2.45, 2.75) is 52.4 Å². The van der Waals surface area contributed by atoms with Gasteiger partial charge in [0, 0.05) is 11.8 Å². The van der Waals surface area contributed by atoms with Gasteiger partial charge in [-0.3, -0.25) is 5.32 Å². The lowest BCUT2D eigenvalue weighted by Gasteiger charge is -2.22. The number of hydrogen-bond acceptors (Lipinski definition) is 3. The fourth-order valence-corrected chi connectivity index (χ4v) is 4.32. The van der Waals surface area contributed by atoms with E-state index in [1.807, 2.05) is 18.2 Å². The van der Waals surface area contributed by atoms with Crippen molar-refractivity contribution in [2.24, 2.45) is 5.92 Å². The third kappa shape index (κ3) is 5.82. The van der Waals surface area contributed by atoms with Gasteiger partial charge in [0.25, 0.3) is 0 Å². The number of carbonyl (C=O) groups is 1. The number of anilines is 2. The minimum Gasteiger partial charge on any atom is -0.317 e. The molecule has 1 aliphatic rings. The van der Waals surface area contributed by atoms with Gasteiger partial charge in [0.05, 0.1) is 11.9 Å². The van der Waals surface area contributed by atoms with Crippen molar-refractivity contribution in [1.29, 1.82) is 0 Å². The molecule has 2 aromatic carbocycles. The average Bonchev–Trinajstić information content (AvgIpc) is 3.23. The summed E-state index contributed by atoms with van der Waals surface area (Å²) in [6.07, 6.45) is 5.26. The van der Waals surface area contributed by atoms with E-state index in [1.54, 1.807) is 10.9 Å². The van der Waals surface area contributed by atoms with Crippen LogP contribution in [0.3, 0.4) is 0 Å². The Morgan fingerprint density at radius 1 is 1.06 bits per heavy atom. The number of carbonyl (C=O) groups excluding carboxylic acids is 1. The molecule has 6 heteroatoms. The van der Waals surface area contributed by atoms with Crippen LogP contribution in [0.15, 0.2) is 54.7 Å². The van der Waals surface area contributed by atoms with Gasteiger partial charge < -0.3 is 10.6 Å². The number of urea groups is 1. The van der Waals surface area contributed by atoms with Crippen molar-refractivity contribution in [1.82, 2.24) is 15.1 Å². The molecular weight excluding hydrogens is 410 g/mol. The molecule has 2 heterocycles. The number of rotatable bonds is 5. The van der Waals surface area contributed by atoms with E-state index in [-0.39, 0.29) is 11.4 Å². The molecule has 4 rings (SSSR count). The zero-order valence-electron chi connectivity index (χ0n) is 20.1. The first kappa shape index (κ1) is 23.1. The summed E-state index contributed by atoms with van der Waals surface area (Å²) in [7, 11) is 0. The first-order chi connectivity index (χ1) is 15.8. The molecule has 0 spiro atoms. The number of nitrogens with zero attached hydrogens (tertiary/aromatic N) is 2. The highest BCUT2D eigenvalue weighted by Crippen LogP contribution is 2.27. The lowest BCUT2D eigenvalue weighted by atomic mass is 9.86. The maximum absolute atomic E-state index is 12.7. The summed E-state index contributed by atoms with van der Waals surface area (Å²) < 4.78 is 1.78. The number of nitrogens with one attached hydrogen (secondary N) is 3. The monoisotopic (exact) mass is 445 g/mol. The Morgan fingerprint density at radius 3 is 2.48 bits per heavy atom. The van der Waals surface area contributed by atoms with Crippen LogP contribution < -0.4 is 16.0 Å². The molecule has 33 heavy (non-hydrogen) atoms. The summed E-state index contributed by atoms with van der Waals surface area (Å²) in [5, 5.41) is 13.8. The molecule has 0 unspecified atom stereocenters. The Bertz CT molecular complexity index is 1090. The molecule has 0 saturated carbocycles. The molecule has 3 aromatic rings. The van der Waals surface area contributed by atoms with Crippen LogP contribution >= 0.6 is 0 Å². The predicted molar refractivity (Wildman–Crippen MR) is 135 cm³/mol. The van der Waals surface area contributed by atoms with Crippen LogP contribution in [0.5, 0.6) is 0 Å². The lowest BCUT2D eigenvalue weighted by molar-refractivity contribution is 0.262. The molecule has 174 valence electrons. The van der Waals surface area contributed by atoms with Crippen molar-refractivity contribution in [3.63, 3.8) is 0 Å². The zero-order valence-corrected chi connectivity index (χ0v) is 20.1. The van der Waals surface area contributed by atoms with Gasteiger partial charge in [-0.25, -0.2) is 9.48 Å². The van der Waals surface area contributed by atoms with Gasteiger partial charge in [0.2, 0.25) is 0 Å². The van der Waals surface area contributed by atoms with E-state index in [0.29, 0.717) is 5.82 Å². The van der Waals surface area contributed by atoms with Crippen LogP contribution in [0.2, 0.25) is 0 Å². The minimum atomic E-state index is -0.285. The van der Waals surface area contributed by atoms with Crippen LogP contribution in [0.1, 0.15) is 50.3 Å². The molecule has 1 aliphatic heterocycles. The van der Waals surface area contributed by atoms with E-state index in [9.17, 15) is 4.79 Å². The van der Waals surface area contributed by atoms with Gasteiger partial charge in [-0.2, -0.15) is 5.10 Å². The number of benzene rings is 2. The number of piperidine rings is 1. The molecule has 0 atom stereocenters. The van der Waals surface area contributed by atoms with Crippen molar-refractivity contribution in [3.8, 4) is 5.69 Å². The maximum atomic E-state index is 12.7. The van der Waals surface area contributed by atoms with Gasteiger partial charge in [-0.05, 0) is 85.5 Å². The second-order valence-corrected chi connectivity index (χ2v) is 10.1. The standard InChI is InChI=1S/C27H35N5O/c1-19-5-8-22(27(2,3)4)18-24(19)32-25(13-16-29-32)31-26(33)30-23-9-6-20(7-10-23)17-21-11-14-28-15-12-21/h5-10,13,16,18,21,28H,11-12,14-15,17H2,1-4H3,(H2,30,31,33). The first-order valence-corrected chi connectivity index (χ1v) is 11.8. The van der Waals surface area contributed by atoms with Crippen LogP contribution in [0.4, 0.5) is 16.3 Å². The van der Waals surface area contributed by atoms with Gasteiger partial charge in [-0.15, -0.1) is 0 Å². The highest BCUT2D eigenvalue weighted by atomic mass is 16.2. The van der Waals surface area contributed by atoms with Crippen molar-refractivity contribution >= 4 is 17.5 Å². The topological polar surface area (TPSA) is 71.0 Å². The zero-order chi connectivity index (χ0) is 23.4. The van der Waals surface area contributed by atoms with Crippen LogP contribution in [-0.2, 0) is 11.8 Å². The summed E-state index contributed by atoms with van der Waals surface area (Å²) in [5.41, 5.74) is 5.40. The predicted octanol–water partition coefficient (Wildman–Crippen LogP) is 5.66. The van der Waals surface area contributed by atoms with Crippen LogP contribution in [0, 0.1) is 12.8 Å². The summed E-state index contributed by atoms with van der Waals surface area (Å²) in [5.74, 6) is 1.37. The van der Waals surface area contributed by atoms with Gasteiger partial charge in [0.15, 0.2) is 0 Å². The average molecular weight is 446 g/mol. The summed E-state index contributed by atoms with van der Waals surface area (Å²) in [4.78, 5) is 12.7. The van der Waals surface area contributed by atoms with Gasteiger partial charge in [0.1, 0.15) is 5.82 Å². The molecule has 0 aliphatic carbocycles. The van der Waals surface area contributed by atoms with E-state index in [2.05, 4.69) is 79.1 Å².